The molecule has 0 spiro atoms. The fraction of sp³-hybridized carbons (Fsp3) is 0.364. The highest BCUT2D eigenvalue weighted by Gasteiger charge is 2.15. The summed E-state index contributed by atoms with van der Waals surface area (Å²) in [6, 6.07) is 1.43. The van der Waals surface area contributed by atoms with E-state index in [1.54, 1.807) is 0 Å². The lowest BCUT2D eigenvalue weighted by Crippen LogP contribution is -2.33. The third-order valence-electron chi connectivity index (χ3n) is 2.13. The maximum absolute atomic E-state index is 11.5. The normalized spacial score (nSPS) is 9.79. The second-order valence-corrected chi connectivity index (χ2v) is 3.65. The molecule has 0 fully saturated rings. The average molecular weight is 267 g/mol. The zero-order chi connectivity index (χ0) is 14.4. The molecule has 1 N–H and O–H groups in total. The van der Waals surface area contributed by atoms with Crippen LogP contribution in [0.5, 0.6) is 0 Å². The van der Waals surface area contributed by atoms with E-state index in [2.05, 4.69) is 14.7 Å². The number of aromatic amines is 1. The first-order valence-electron chi connectivity index (χ1n) is 5.45. The van der Waals surface area contributed by atoms with Crippen LogP contribution in [-0.2, 0) is 19.1 Å². The number of aromatic nitrogens is 2. The minimum atomic E-state index is -0.741. The van der Waals surface area contributed by atoms with Crippen molar-refractivity contribution in [2.45, 2.75) is 20.3 Å². The predicted molar refractivity (Wildman–Crippen MR) is 64.3 cm³/mol. The molecule has 8 nitrogen and oxygen atoms in total. The summed E-state index contributed by atoms with van der Waals surface area (Å²) in [7, 11) is 0. The average Bonchev–Trinajstić information content (AvgIpc) is 2.27. The molecule has 1 aromatic rings. The quantitative estimate of drug-likeness (QED) is 0.587. The Labute approximate surface area is 108 Å². The summed E-state index contributed by atoms with van der Waals surface area (Å²) in [4.78, 5) is 51.3. The largest absolute Gasteiger partial charge is 0.393 e. The molecule has 0 aliphatic heterocycles. The number of esters is 2. The van der Waals surface area contributed by atoms with Gasteiger partial charge in [0.15, 0.2) is 0 Å². The van der Waals surface area contributed by atoms with Gasteiger partial charge in [0, 0.05) is 26.6 Å². The molecule has 8 heteroatoms. The van der Waals surface area contributed by atoms with Gasteiger partial charge in [0.25, 0.3) is 0 Å². The van der Waals surface area contributed by atoms with Gasteiger partial charge in [-0.3, -0.25) is 24.3 Å². The van der Waals surface area contributed by atoms with E-state index in [4.69, 9.17) is 0 Å². The summed E-state index contributed by atoms with van der Waals surface area (Å²) in [6.07, 6.45) is 1.08. The number of carbonyl (C=O) groups is 3. The molecular weight excluding hydrogens is 254 g/mol. The number of H-pyrrole nitrogens is 1. The number of hydrogen-bond donors (Lipinski definition) is 1. The van der Waals surface area contributed by atoms with Crippen LogP contribution in [0.15, 0.2) is 17.1 Å². The Morgan fingerprint density at radius 2 is 2.05 bits per heavy atom. The van der Waals surface area contributed by atoms with Crippen molar-refractivity contribution in [1.82, 2.24) is 9.97 Å². The van der Waals surface area contributed by atoms with E-state index < -0.39 is 17.6 Å². The number of nitrogens with zero attached hydrogens (tertiary/aromatic N) is 2. The lowest BCUT2D eigenvalue weighted by atomic mass is 10.3. The van der Waals surface area contributed by atoms with Crippen LogP contribution >= 0.6 is 0 Å². The maximum atomic E-state index is 11.5. The lowest BCUT2D eigenvalue weighted by molar-refractivity contribution is -0.157. The van der Waals surface area contributed by atoms with Gasteiger partial charge in [0.05, 0.1) is 6.42 Å². The van der Waals surface area contributed by atoms with Crippen molar-refractivity contribution >= 4 is 23.7 Å². The zero-order valence-electron chi connectivity index (χ0n) is 10.5. The smallest absolute Gasteiger partial charge is 0.346 e. The SMILES string of the molecule is CC(=O)OC(=O)CCN(C(C)=O)c1ccnc(=O)[nH]1. The van der Waals surface area contributed by atoms with Crippen LogP contribution in [-0.4, -0.2) is 34.4 Å². The highest BCUT2D eigenvalue weighted by molar-refractivity contribution is 5.91. The minimum Gasteiger partial charge on any atom is -0.393 e. The van der Waals surface area contributed by atoms with E-state index in [0.29, 0.717) is 0 Å². The van der Waals surface area contributed by atoms with Gasteiger partial charge in [0.1, 0.15) is 5.82 Å². The van der Waals surface area contributed by atoms with Crippen LogP contribution in [0.2, 0.25) is 0 Å². The standard InChI is InChI=1S/C11H13N3O5/c1-7(15)14(6-4-10(17)19-8(2)16)9-3-5-12-11(18)13-9/h3,5H,4,6H2,1-2H3,(H,12,13,18). The summed E-state index contributed by atoms with van der Waals surface area (Å²) >= 11 is 0. The van der Waals surface area contributed by atoms with Gasteiger partial charge in [-0.1, -0.05) is 0 Å². The Morgan fingerprint density at radius 1 is 1.37 bits per heavy atom. The molecule has 0 atom stereocenters. The Morgan fingerprint density at radius 3 is 2.58 bits per heavy atom. The summed E-state index contributed by atoms with van der Waals surface area (Å²) in [5.41, 5.74) is -0.602. The second kappa shape index (κ2) is 6.43. The third-order valence-corrected chi connectivity index (χ3v) is 2.13. The van der Waals surface area contributed by atoms with Crippen LogP contribution in [0, 0.1) is 0 Å². The summed E-state index contributed by atoms with van der Waals surface area (Å²) < 4.78 is 4.34. The van der Waals surface area contributed by atoms with Crippen molar-refractivity contribution in [3.05, 3.63) is 22.7 Å². The van der Waals surface area contributed by atoms with Crippen LogP contribution in [0.3, 0.4) is 0 Å². The number of amides is 1. The predicted octanol–water partition coefficient (Wildman–Crippen LogP) is -0.397. The molecule has 1 amide bonds. The maximum Gasteiger partial charge on any atom is 0.346 e. The topological polar surface area (TPSA) is 109 Å². The second-order valence-electron chi connectivity index (χ2n) is 3.65. The van der Waals surface area contributed by atoms with Crippen LogP contribution in [0.25, 0.3) is 0 Å². The number of rotatable bonds is 4. The Balaban J connectivity index is 2.75. The Hall–Kier alpha value is -2.51. The third kappa shape index (κ3) is 4.70. The molecule has 102 valence electrons. The molecule has 0 aliphatic rings. The molecule has 0 aromatic carbocycles. The van der Waals surface area contributed by atoms with E-state index in [-0.39, 0.29) is 24.7 Å². The number of anilines is 1. The molecule has 1 heterocycles. The molecule has 19 heavy (non-hydrogen) atoms. The zero-order valence-corrected chi connectivity index (χ0v) is 10.5. The van der Waals surface area contributed by atoms with Crippen molar-refractivity contribution in [2.24, 2.45) is 0 Å². The van der Waals surface area contributed by atoms with Crippen molar-refractivity contribution in [1.29, 1.82) is 0 Å². The molecule has 0 bridgehead atoms. The summed E-state index contributed by atoms with van der Waals surface area (Å²) in [6.45, 7) is 2.39. The van der Waals surface area contributed by atoms with Gasteiger partial charge in [-0.15, -0.1) is 0 Å². The molecule has 1 aromatic heterocycles. The number of hydrogen-bond acceptors (Lipinski definition) is 6. The van der Waals surface area contributed by atoms with E-state index >= 15 is 0 Å². The summed E-state index contributed by atoms with van der Waals surface area (Å²) in [5.74, 6) is -1.59. The number of carbonyl (C=O) groups excluding carboxylic acids is 3. The highest BCUT2D eigenvalue weighted by atomic mass is 16.6. The van der Waals surface area contributed by atoms with Crippen molar-refractivity contribution in [3.8, 4) is 0 Å². The summed E-state index contributed by atoms with van der Waals surface area (Å²) in [5, 5.41) is 0. The van der Waals surface area contributed by atoms with Crippen LogP contribution < -0.4 is 10.6 Å². The molecule has 0 saturated heterocycles. The van der Waals surface area contributed by atoms with Gasteiger partial charge < -0.3 is 4.74 Å². The van der Waals surface area contributed by atoms with E-state index in [0.717, 1.165) is 6.92 Å². The number of nitrogens with one attached hydrogen (secondary N) is 1. The molecule has 0 unspecified atom stereocenters. The Bertz CT molecular complexity index is 551. The van der Waals surface area contributed by atoms with Gasteiger partial charge in [-0.2, -0.15) is 0 Å². The molecule has 1 rings (SSSR count). The van der Waals surface area contributed by atoms with Gasteiger partial charge >= 0.3 is 17.6 Å². The molecular formula is C11H13N3O5. The minimum absolute atomic E-state index is 0.0125. The number of ether oxygens (including phenoxy) is 1. The van der Waals surface area contributed by atoms with Gasteiger partial charge in [0.2, 0.25) is 5.91 Å². The van der Waals surface area contributed by atoms with Crippen LogP contribution in [0.4, 0.5) is 5.82 Å². The van der Waals surface area contributed by atoms with Crippen molar-refractivity contribution in [2.75, 3.05) is 11.4 Å². The highest BCUT2D eigenvalue weighted by Crippen LogP contribution is 2.08. The van der Waals surface area contributed by atoms with E-state index in [9.17, 15) is 19.2 Å². The van der Waals surface area contributed by atoms with E-state index in [1.807, 2.05) is 0 Å². The first kappa shape index (κ1) is 14.6. The molecule has 0 aliphatic carbocycles. The molecule has 0 radical (unpaired) electrons. The fourth-order valence-corrected chi connectivity index (χ4v) is 1.38. The van der Waals surface area contributed by atoms with Crippen LogP contribution in [0.1, 0.15) is 20.3 Å². The van der Waals surface area contributed by atoms with E-state index in [1.165, 1.54) is 24.1 Å². The van der Waals surface area contributed by atoms with Gasteiger partial charge in [-0.25, -0.2) is 9.78 Å². The first-order chi connectivity index (χ1) is 8.90. The Kier molecular flexibility index (Phi) is 4.92. The fourth-order valence-electron chi connectivity index (χ4n) is 1.38. The van der Waals surface area contributed by atoms with Crippen molar-refractivity contribution < 1.29 is 19.1 Å². The lowest BCUT2D eigenvalue weighted by Gasteiger charge is -2.19. The van der Waals surface area contributed by atoms with Crippen molar-refractivity contribution in [3.63, 3.8) is 0 Å². The monoisotopic (exact) mass is 267 g/mol. The first-order valence-corrected chi connectivity index (χ1v) is 5.45. The molecule has 0 saturated carbocycles. The van der Waals surface area contributed by atoms with Gasteiger partial charge in [-0.05, 0) is 6.07 Å².